The minimum Gasteiger partial charge on any atom is -0.497 e. The van der Waals surface area contributed by atoms with Crippen LogP contribution in [0.25, 0.3) is 21.7 Å². The number of nitrogens with one attached hydrogen (secondary N) is 1. The summed E-state index contributed by atoms with van der Waals surface area (Å²) in [5.74, 6) is 0.464. The fourth-order valence-corrected chi connectivity index (χ4v) is 2.46. The molecule has 3 rings (SSSR count). The first-order chi connectivity index (χ1) is 10.2. The third-order valence-electron chi connectivity index (χ3n) is 3.43. The van der Waals surface area contributed by atoms with Gasteiger partial charge in [-0.1, -0.05) is 4.68 Å². The summed E-state index contributed by atoms with van der Waals surface area (Å²) in [6.07, 6.45) is 1.91. The van der Waals surface area contributed by atoms with Crippen molar-refractivity contribution in [3.8, 4) is 5.75 Å². The third kappa shape index (κ3) is 2.48. The Morgan fingerprint density at radius 2 is 2.05 bits per heavy atom. The van der Waals surface area contributed by atoms with Crippen LogP contribution in [0.2, 0.25) is 0 Å². The normalized spacial score (nSPS) is 11.0. The van der Waals surface area contributed by atoms with E-state index in [0.717, 1.165) is 27.4 Å². The maximum Gasteiger partial charge on any atom is 0.243 e. The van der Waals surface area contributed by atoms with E-state index in [1.54, 1.807) is 17.9 Å². The van der Waals surface area contributed by atoms with E-state index in [2.05, 4.69) is 5.43 Å². The van der Waals surface area contributed by atoms with Crippen LogP contribution >= 0.6 is 0 Å². The number of aliphatic hydroxyl groups excluding tert-OH is 1. The molecule has 0 aliphatic rings. The monoisotopic (exact) mass is 287 g/mol. The quantitative estimate of drug-likeness (QED) is 0.569. The lowest BCUT2D eigenvalue weighted by atomic mass is 10.1. The van der Waals surface area contributed by atoms with Gasteiger partial charge >= 0.3 is 0 Å². The van der Waals surface area contributed by atoms with E-state index in [9.17, 15) is 4.39 Å². The van der Waals surface area contributed by atoms with Crippen LogP contribution < -0.4 is 14.8 Å². The van der Waals surface area contributed by atoms with E-state index in [0.29, 0.717) is 6.54 Å². The van der Waals surface area contributed by atoms with E-state index in [1.165, 1.54) is 12.1 Å². The minimum absolute atomic E-state index is 0.0197. The average Bonchev–Trinajstić information content (AvgIpc) is 2.51. The number of pyridine rings is 1. The molecule has 5 heteroatoms. The lowest BCUT2D eigenvalue weighted by molar-refractivity contribution is -0.621. The van der Waals surface area contributed by atoms with Crippen molar-refractivity contribution in [2.75, 3.05) is 25.7 Å². The molecule has 1 heterocycles. The van der Waals surface area contributed by atoms with Crippen molar-refractivity contribution in [3.63, 3.8) is 0 Å². The number of hydrogen-bond acceptors (Lipinski definition) is 3. The zero-order valence-electron chi connectivity index (χ0n) is 11.6. The van der Waals surface area contributed by atoms with E-state index in [1.807, 2.05) is 24.4 Å². The minimum atomic E-state index is -0.278. The number of rotatable bonds is 4. The lowest BCUT2D eigenvalue weighted by Crippen LogP contribution is -2.46. The number of ether oxygens (including phenoxy) is 1. The SMILES string of the molecule is COc1ccc2c(c1)c[n+](NCCO)c1ccc(F)cc21. The van der Waals surface area contributed by atoms with Crippen LogP contribution in [0.4, 0.5) is 4.39 Å². The van der Waals surface area contributed by atoms with Crippen LogP contribution in [0.5, 0.6) is 5.75 Å². The smallest absolute Gasteiger partial charge is 0.243 e. The highest BCUT2D eigenvalue weighted by molar-refractivity contribution is 6.04. The fraction of sp³-hybridized carbons (Fsp3) is 0.188. The molecule has 0 saturated carbocycles. The molecule has 21 heavy (non-hydrogen) atoms. The van der Waals surface area contributed by atoms with Gasteiger partial charge in [0.1, 0.15) is 11.6 Å². The number of fused-ring (bicyclic) bond motifs is 3. The second-order valence-corrected chi connectivity index (χ2v) is 4.75. The van der Waals surface area contributed by atoms with Crippen molar-refractivity contribution in [3.05, 3.63) is 48.4 Å². The van der Waals surface area contributed by atoms with Crippen LogP contribution in [0.3, 0.4) is 0 Å². The first kappa shape index (κ1) is 13.6. The summed E-state index contributed by atoms with van der Waals surface area (Å²) in [5, 5.41) is 11.7. The van der Waals surface area contributed by atoms with E-state index >= 15 is 0 Å². The summed E-state index contributed by atoms with van der Waals surface area (Å²) in [5.41, 5.74) is 3.94. The molecule has 0 radical (unpaired) electrons. The van der Waals surface area contributed by atoms with Crippen molar-refractivity contribution in [1.82, 2.24) is 0 Å². The second kappa shape index (κ2) is 5.54. The van der Waals surface area contributed by atoms with Crippen molar-refractivity contribution in [2.45, 2.75) is 0 Å². The molecule has 2 N–H and O–H groups in total. The van der Waals surface area contributed by atoms with Crippen LogP contribution in [0.1, 0.15) is 0 Å². The molecule has 0 atom stereocenters. The van der Waals surface area contributed by atoms with E-state index < -0.39 is 0 Å². The Balaban J connectivity index is 2.32. The number of methoxy groups -OCH3 is 1. The first-order valence-corrected chi connectivity index (χ1v) is 6.69. The predicted octanol–water partition coefficient (Wildman–Crippen LogP) is 1.96. The highest BCUT2D eigenvalue weighted by Gasteiger charge is 2.14. The highest BCUT2D eigenvalue weighted by atomic mass is 19.1. The van der Waals surface area contributed by atoms with Crippen molar-refractivity contribution in [1.29, 1.82) is 0 Å². The standard InChI is InChI=1S/C16H16FN2O2/c1-21-13-3-4-14-11(8-13)10-19(18-6-7-20)16-5-2-12(17)9-15(14)16/h2-5,8-10,18,20H,6-7H2,1H3/q+1. The van der Waals surface area contributed by atoms with Gasteiger partial charge < -0.3 is 9.84 Å². The average molecular weight is 287 g/mol. The number of benzene rings is 2. The summed E-state index contributed by atoms with van der Waals surface area (Å²) in [6.45, 7) is 0.429. The number of halogens is 1. The maximum absolute atomic E-state index is 13.6. The van der Waals surface area contributed by atoms with Gasteiger partial charge in [-0.3, -0.25) is 0 Å². The van der Waals surface area contributed by atoms with Gasteiger partial charge in [-0.15, -0.1) is 0 Å². The van der Waals surface area contributed by atoms with E-state index in [4.69, 9.17) is 9.84 Å². The largest absolute Gasteiger partial charge is 0.497 e. The molecule has 0 unspecified atom stereocenters. The number of hydrogen-bond donors (Lipinski definition) is 2. The zero-order valence-corrected chi connectivity index (χ0v) is 11.6. The maximum atomic E-state index is 13.6. The van der Waals surface area contributed by atoms with Gasteiger partial charge in [-0.25, -0.2) is 4.39 Å². The predicted molar refractivity (Wildman–Crippen MR) is 79.5 cm³/mol. The molecule has 0 aliphatic carbocycles. The van der Waals surface area contributed by atoms with Gasteiger partial charge in [0.25, 0.3) is 0 Å². The molecule has 0 bridgehead atoms. The Morgan fingerprint density at radius 3 is 2.81 bits per heavy atom. The van der Waals surface area contributed by atoms with Gasteiger partial charge in [0, 0.05) is 11.5 Å². The molecular weight excluding hydrogens is 271 g/mol. The van der Waals surface area contributed by atoms with Crippen LogP contribution in [-0.4, -0.2) is 25.4 Å². The molecule has 0 spiro atoms. The Hall–Kier alpha value is -2.40. The molecule has 0 amide bonds. The van der Waals surface area contributed by atoms with Gasteiger partial charge in [-0.2, -0.15) is 5.43 Å². The summed E-state index contributed by atoms with van der Waals surface area (Å²) in [6, 6.07) is 10.3. The molecule has 4 nitrogen and oxygen atoms in total. The van der Waals surface area contributed by atoms with Crippen LogP contribution in [-0.2, 0) is 0 Å². The topological polar surface area (TPSA) is 45.4 Å². The van der Waals surface area contributed by atoms with Crippen molar-refractivity contribution >= 4 is 21.7 Å². The Morgan fingerprint density at radius 1 is 1.19 bits per heavy atom. The van der Waals surface area contributed by atoms with Crippen LogP contribution in [0, 0.1) is 5.82 Å². The Labute approximate surface area is 121 Å². The van der Waals surface area contributed by atoms with Crippen molar-refractivity contribution < 1.29 is 18.9 Å². The molecule has 108 valence electrons. The number of aromatic nitrogens is 1. The van der Waals surface area contributed by atoms with Gasteiger partial charge in [-0.05, 0) is 30.3 Å². The fourth-order valence-electron chi connectivity index (χ4n) is 2.46. The molecule has 0 aliphatic heterocycles. The van der Waals surface area contributed by atoms with Gasteiger partial charge in [0.15, 0.2) is 0 Å². The van der Waals surface area contributed by atoms with E-state index in [-0.39, 0.29) is 12.4 Å². The number of nitrogens with zero attached hydrogens (tertiary/aromatic N) is 1. The molecule has 3 aromatic rings. The zero-order chi connectivity index (χ0) is 14.8. The molecule has 2 aromatic carbocycles. The first-order valence-electron chi connectivity index (χ1n) is 6.69. The number of aliphatic hydroxyl groups is 1. The summed E-state index contributed by atoms with van der Waals surface area (Å²) in [4.78, 5) is 0. The Kier molecular flexibility index (Phi) is 3.58. The second-order valence-electron chi connectivity index (χ2n) is 4.75. The van der Waals surface area contributed by atoms with Crippen LogP contribution in [0.15, 0.2) is 42.6 Å². The van der Waals surface area contributed by atoms with Gasteiger partial charge in [0.2, 0.25) is 11.7 Å². The highest BCUT2D eigenvalue weighted by Crippen LogP contribution is 2.26. The molecule has 1 aromatic heterocycles. The molecule has 0 saturated heterocycles. The summed E-state index contributed by atoms with van der Waals surface area (Å²) >= 11 is 0. The van der Waals surface area contributed by atoms with Crippen molar-refractivity contribution in [2.24, 2.45) is 0 Å². The Bertz CT molecular complexity index is 805. The van der Waals surface area contributed by atoms with Gasteiger partial charge in [0.05, 0.1) is 31.0 Å². The lowest BCUT2D eigenvalue weighted by Gasteiger charge is -2.07. The molecule has 0 fully saturated rings. The summed E-state index contributed by atoms with van der Waals surface area (Å²) in [7, 11) is 1.61. The molecular formula is C16H16FN2O2+. The summed E-state index contributed by atoms with van der Waals surface area (Å²) < 4.78 is 20.6. The third-order valence-corrected chi connectivity index (χ3v) is 3.43.